The highest BCUT2D eigenvalue weighted by Crippen LogP contribution is 2.30. The minimum Gasteiger partial charge on any atom is -0.485 e. The van der Waals surface area contributed by atoms with Crippen molar-refractivity contribution < 1.29 is 23.6 Å². The van der Waals surface area contributed by atoms with Crippen molar-refractivity contribution in [1.29, 1.82) is 0 Å². The van der Waals surface area contributed by atoms with Gasteiger partial charge in [-0.2, -0.15) is 5.10 Å². The summed E-state index contributed by atoms with van der Waals surface area (Å²) in [7, 11) is 0. The molecule has 29 heavy (non-hydrogen) atoms. The van der Waals surface area contributed by atoms with Crippen molar-refractivity contribution in [2.24, 2.45) is 5.10 Å². The van der Waals surface area contributed by atoms with Crippen LogP contribution in [0.5, 0.6) is 11.5 Å². The molecule has 0 radical (unpaired) electrons. The molecule has 1 N–H and O–H groups in total. The van der Waals surface area contributed by atoms with E-state index in [1.54, 1.807) is 42.5 Å². The summed E-state index contributed by atoms with van der Waals surface area (Å²) < 4.78 is 16.7. The number of para-hydroxylation sites is 2. The van der Waals surface area contributed by atoms with Crippen LogP contribution < -0.4 is 14.9 Å². The summed E-state index contributed by atoms with van der Waals surface area (Å²) in [4.78, 5) is 22.4. The van der Waals surface area contributed by atoms with Crippen LogP contribution in [-0.2, 0) is 4.79 Å². The van der Waals surface area contributed by atoms with Crippen LogP contribution in [0.3, 0.4) is 0 Å². The summed E-state index contributed by atoms with van der Waals surface area (Å²) in [6.45, 7) is 0.0867. The Hall–Kier alpha value is -4.14. The number of nitrogens with zero attached hydrogens (tertiary/aromatic N) is 2. The van der Waals surface area contributed by atoms with Crippen LogP contribution in [0, 0.1) is 10.1 Å². The van der Waals surface area contributed by atoms with E-state index in [-0.39, 0.29) is 12.3 Å². The third-order valence-electron chi connectivity index (χ3n) is 4.16. The topological polar surface area (TPSA) is 116 Å². The highest BCUT2D eigenvalue weighted by atomic mass is 16.6. The summed E-state index contributed by atoms with van der Waals surface area (Å²) >= 11 is 0. The molecule has 146 valence electrons. The Balaban J connectivity index is 1.35. The van der Waals surface area contributed by atoms with E-state index in [0.717, 1.165) is 0 Å². The van der Waals surface area contributed by atoms with Crippen molar-refractivity contribution in [1.82, 2.24) is 5.43 Å². The molecule has 0 spiro atoms. The highest BCUT2D eigenvalue weighted by Gasteiger charge is 2.27. The lowest BCUT2D eigenvalue weighted by atomic mass is 10.1. The van der Waals surface area contributed by atoms with E-state index in [2.05, 4.69) is 10.5 Å². The van der Waals surface area contributed by atoms with Crippen LogP contribution in [0.2, 0.25) is 0 Å². The number of carbonyl (C=O) groups is 1. The van der Waals surface area contributed by atoms with Gasteiger partial charge in [0.15, 0.2) is 11.5 Å². The smallest absolute Gasteiger partial charge is 0.284 e. The van der Waals surface area contributed by atoms with Gasteiger partial charge in [0.25, 0.3) is 11.6 Å². The van der Waals surface area contributed by atoms with Crippen LogP contribution in [0.15, 0.2) is 70.2 Å². The lowest BCUT2D eigenvalue weighted by Crippen LogP contribution is -2.42. The number of nitrogens with one attached hydrogen (secondary N) is 1. The van der Waals surface area contributed by atoms with E-state index in [4.69, 9.17) is 13.9 Å². The van der Waals surface area contributed by atoms with Crippen LogP contribution in [0.4, 0.5) is 5.69 Å². The van der Waals surface area contributed by atoms with Gasteiger partial charge in [-0.15, -0.1) is 0 Å². The SMILES string of the molecule is O=C(N/N=C\c1ccc(-c2ccc([N+](=O)[O-])cc2)o1)C1COc2ccccc2O1. The van der Waals surface area contributed by atoms with Crippen LogP contribution in [-0.4, -0.2) is 29.8 Å². The Morgan fingerprint density at radius 1 is 1.10 bits per heavy atom. The van der Waals surface area contributed by atoms with Crippen molar-refractivity contribution >= 4 is 17.8 Å². The third kappa shape index (κ3) is 4.08. The molecule has 9 heteroatoms. The average molecular weight is 393 g/mol. The molecular weight excluding hydrogens is 378 g/mol. The molecule has 4 rings (SSSR count). The normalized spacial score (nSPS) is 15.2. The number of amides is 1. The molecule has 0 saturated heterocycles. The Morgan fingerprint density at radius 3 is 2.62 bits per heavy atom. The minimum atomic E-state index is -0.811. The molecule has 1 atom stereocenters. The van der Waals surface area contributed by atoms with E-state index >= 15 is 0 Å². The Bertz CT molecular complexity index is 1070. The van der Waals surface area contributed by atoms with Gasteiger partial charge in [0, 0.05) is 17.7 Å². The number of rotatable bonds is 5. The van der Waals surface area contributed by atoms with Gasteiger partial charge in [-0.3, -0.25) is 14.9 Å². The second kappa shape index (κ2) is 7.85. The van der Waals surface area contributed by atoms with Crippen LogP contribution in [0.1, 0.15) is 5.76 Å². The second-order valence-corrected chi connectivity index (χ2v) is 6.10. The summed E-state index contributed by atoms with van der Waals surface area (Å²) in [6, 6.07) is 16.5. The largest absolute Gasteiger partial charge is 0.485 e. The number of ether oxygens (including phenoxy) is 2. The molecule has 1 aliphatic rings. The first-order chi connectivity index (χ1) is 14.1. The maximum atomic E-state index is 12.2. The fourth-order valence-corrected chi connectivity index (χ4v) is 2.71. The zero-order valence-electron chi connectivity index (χ0n) is 15.0. The molecule has 9 nitrogen and oxygen atoms in total. The summed E-state index contributed by atoms with van der Waals surface area (Å²) in [6.07, 6.45) is 0.541. The molecule has 0 saturated carbocycles. The number of carbonyl (C=O) groups excluding carboxylic acids is 1. The van der Waals surface area contributed by atoms with Gasteiger partial charge in [0.2, 0.25) is 6.10 Å². The number of nitro benzene ring substituents is 1. The zero-order valence-corrected chi connectivity index (χ0v) is 15.0. The fraction of sp³-hybridized carbons (Fsp3) is 0.100. The van der Waals surface area contributed by atoms with Crippen molar-refractivity contribution in [3.05, 3.63) is 76.5 Å². The molecule has 1 amide bonds. The molecule has 1 aromatic heterocycles. The van der Waals surface area contributed by atoms with Gasteiger partial charge >= 0.3 is 0 Å². The number of non-ortho nitro benzene ring substituents is 1. The monoisotopic (exact) mass is 393 g/mol. The zero-order chi connectivity index (χ0) is 20.2. The van der Waals surface area contributed by atoms with Gasteiger partial charge in [-0.25, -0.2) is 5.43 Å². The number of hydrazone groups is 1. The van der Waals surface area contributed by atoms with Crippen molar-refractivity contribution in [3.8, 4) is 22.8 Å². The van der Waals surface area contributed by atoms with E-state index < -0.39 is 16.9 Å². The molecule has 1 unspecified atom stereocenters. The van der Waals surface area contributed by atoms with E-state index in [1.165, 1.54) is 18.3 Å². The maximum Gasteiger partial charge on any atom is 0.284 e. The van der Waals surface area contributed by atoms with Crippen LogP contribution in [0.25, 0.3) is 11.3 Å². The van der Waals surface area contributed by atoms with Gasteiger partial charge in [-0.05, 0) is 36.4 Å². The average Bonchev–Trinajstić information content (AvgIpc) is 3.22. The maximum absolute atomic E-state index is 12.2. The molecule has 0 aliphatic carbocycles. The first-order valence-electron chi connectivity index (χ1n) is 8.66. The number of furan rings is 1. The van der Waals surface area contributed by atoms with Gasteiger partial charge in [-0.1, -0.05) is 12.1 Å². The summed E-state index contributed by atoms with van der Waals surface area (Å²) in [5.41, 5.74) is 3.08. The Morgan fingerprint density at radius 2 is 1.86 bits per heavy atom. The van der Waals surface area contributed by atoms with E-state index in [9.17, 15) is 14.9 Å². The lowest BCUT2D eigenvalue weighted by molar-refractivity contribution is -0.384. The number of nitro groups is 1. The first kappa shape index (κ1) is 18.2. The van der Waals surface area contributed by atoms with E-state index in [1.807, 2.05) is 6.07 Å². The van der Waals surface area contributed by atoms with Gasteiger partial charge in [0.1, 0.15) is 18.1 Å². The van der Waals surface area contributed by atoms with E-state index in [0.29, 0.717) is 28.6 Å². The number of fused-ring (bicyclic) bond motifs is 1. The first-order valence-corrected chi connectivity index (χ1v) is 8.66. The lowest BCUT2D eigenvalue weighted by Gasteiger charge is -2.24. The predicted octanol–water partition coefficient (Wildman–Crippen LogP) is 3.14. The fourth-order valence-electron chi connectivity index (χ4n) is 2.71. The second-order valence-electron chi connectivity index (χ2n) is 6.10. The molecule has 3 aromatic rings. The van der Waals surface area contributed by atoms with Crippen molar-refractivity contribution in [2.75, 3.05) is 6.61 Å². The Kier molecular flexibility index (Phi) is 4.93. The molecule has 1 aliphatic heterocycles. The summed E-state index contributed by atoms with van der Waals surface area (Å²) in [5, 5.41) is 14.6. The highest BCUT2D eigenvalue weighted by molar-refractivity contribution is 5.84. The molecule has 2 heterocycles. The van der Waals surface area contributed by atoms with Crippen LogP contribution >= 0.6 is 0 Å². The molecule has 0 fully saturated rings. The van der Waals surface area contributed by atoms with Gasteiger partial charge < -0.3 is 13.9 Å². The quantitative estimate of drug-likeness (QED) is 0.404. The molecule has 2 aromatic carbocycles. The minimum absolute atomic E-state index is 0.00124. The van der Waals surface area contributed by atoms with Crippen molar-refractivity contribution in [2.45, 2.75) is 6.10 Å². The Labute approximate surface area is 164 Å². The standard InChI is InChI=1S/C20H15N3O6/c24-20(19-12-27-17-3-1-2-4-18(17)29-19)22-21-11-15-9-10-16(28-15)13-5-7-14(8-6-13)23(25)26/h1-11,19H,12H2,(H,22,24)/b21-11-. The summed E-state index contributed by atoms with van der Waals surface area (Å²) in [5.74, 6) is 1.58. The predicted molar refractivity (Wildman–Crippen MR) is 103 cm³/mol. The third-order valence-corrected chi connectivity index (χ3v) is 4.16. The van der Waals surface area contributed by atoms with Gasteiger partial charge in [0.05, 0.1) is 11.1 Å². The molecule has 0 bridgehead atoms. The number of hydrogen-bond acceptors (Lipinski definition) is 7. The number of hydrogen-bond donors (Lipinski definition) is 1. The number of benzene rings is 2. The molecular formula is C20H15N3O6. The van der Waals surface area contributed by atoms with Crippen molar-refractivity contribution in [3.63, 3.8) is 0 Å².